The third-order valence-electron chi connectivity index (χ3n) is 6.88. The van der Waals surface area contributed by atoms with E-state index >= 15 is 0 Å². The van der Waals surface area contributed by atoms with Crippen molar-refractivity contribution in [1.29, 1.82) is 0 Å². The number of fused-ring (bicyclic) bond motifs is 1. The molecule has 4 atom stereocenters. The zero-order valence-electron chi connectivity index (χ0n) is 26.0. The standard InChI is InChI=1S/C23H31NO5.C6H11N.C2H6.CH4O/c1-5-6-7-8-16-9-10-18(13(2)11-16)29-12-17-14(3)20-19(15(4)25)22(26)24(20)21(17)23(27)28;1-4-6-7(3)5-2;2*1-2/h9-11,14-15,19-20,25H,5-8,12H2,1-4H3,(H,27,28);4-6H,2H2,1,3H3;1-2H3;2H,1H3/b;6-4+;;. The van der Waals surface area contributed by atoms with Gasteiger partial charge >= 0.3 is 5.97 Å². The molecule has 0 aliphatic carbocycles. The van der Waals surface area contributed by atoms with Crippen LogP contribution in [0.25, 0.3) is 0 Å². The number of β-lactam (4-membered cyclic amide) rings is 1. The second-order valence-corrected chi connectivity index (χ2v) is 9.61. The molecule has 3 rings (SSSR count). The first-order valence-electron chi connectivity index (χ1n) is 14.2. The largest absolute Gasteiger partial charge is 0.489 e. The van der Waals surface area contributed by atoms with Gasteiger partial charge < -0.3 is 29.9 Å². The van der Waals surface area contributed by atoms with Crippen LogP contribution in [-0.4, -0.2) is 69.9 Å². The Bertz CT molecular complexity index is 1000. The maximum absolute atomic E-state index is 12.4. The van der Waals surface area contributed by atoms with Gasteiger partial charge in [-0.15, -0.1) is 0 Å². The quantitative estimate of drug-likeness (QED) is 0.241. The molecule has 8 heteroatoms. The molecule has 1 fully saturated rings. The lowest BCUT2D eigenvalue weighted by Crippen LogP contribution is -2.63. The highest BCUT2D eigenvalue weighted by Crippen LogP contribution is 2.47. The van der Waals surface area contributed by atoms with Crippen LogP contribution in [0.2, 0.25) is 0 Å². The molecule has 0 spiro atoms. The predicted molar refractivity (Wildman–Crippen MR) is 162 cm³/mol. The Morgan fingerprint density at radius 3 is 2.33 bits per heavy atom. The fraction of sp³-hybridized carbons (Fsp3) is 0.562. The molecule has 0 bridgehead atoms. The van der Waals surface area contributed by atoms with Crippen LogP contribution in [0, 0.1) is 18.8 Å². The van der Waals surface area contributed by atoms with Crippen LogP contribution in [0.4, 0.5) is 0 Å². The van der Waals surface area contributed by atoms with Crippen molar-refractivity contribution >= 4 is 11.9 Å². The molecule has 1 saturated heterocycles. The summed E-state index contributed by atoms with van der Waals surface area (Å²) < 4.78 is 5.99. The molecule has 226 valence electrons. The maximum atomic E-state index is 12.4. The maximum Gasteiger partial charge on any atom is 0.352 e. The molecular weight excluding hydrogens is 508 g/mol. The number of amides is 1. The normalized spacial score (nSPS) is 19.6. The number of aliphatic carboxylic acids is 1. The summed E-state index contributed by atoms with van der Waals surface area (Å²) in [6.45, 7) is 17.3. The molecule has 1 aromatic carbocycles. The minimum Gasteiger partial charge on any atom is -0.489 e. The first-order valence-corrected chi connectivity index (χ1v) is 14.2. The molecule has 1 amide bonds. The van der Waals surface area contributed by atoms with Crippen molar-refractivity contribution in [3.05, 3.63) is 65.7 Å². The minimum atomic E-state index is -1.13. The van der Waals surface area contributed by atoms with Crippen LogP contribution in [0.3, 0.4) is 0 Å². The fourth-order valence-corrected chi connectivity index (χ4v) is 4.89. The van der Waals surface area contributed by atoms with Crippen LogP contribution in [-0.2, 0) is 16.0 Å². The van der Waals surface area contributed by atoms with E-state index in [4.69, 9.17) is 9.84 Å². The lowest BCUT2D eigenvalue weighted by atomic mass is 9.78. The Morgan fingerprint density at radius 2 is 1.88 bits per heavy atom. The number of carboxylic acids is 1. The summed E-state index contributed by atoms with van der Waals surface area (Å²) in [4.78, 5) is 27.5. The lowest BCUT2D eigenvalue weighted by molar-refractivity contribution is -0.163. The highest BCUT2D eigenvalue weighted by Gasteiger charge is 2.59. The van der Waals surface area contributed by atoms with Crippen molar-refractivity contribution in [3.8, 4) is 5.75 Å². The smallest absolute Gasteiger partial charge is 0.352 e. The zero-order chi connectivity index (χ0) is 31.0. The van der Waals surface area contributed by atoms with Gasteiger partial charge in [0.1, 0.15) is 18.1 Å². The molecule has 8 nitrogen and oxygen atoms in total. The number of unbranched alkanes of at least 4 members (excludes halogenated alkanes) is 2. The number of hydrogen-bond acceptors (Lipinski definition) is 6. The molecule has 0 radical (unpaired) electrons. The molecular formula is C32H52N2O6. The van der Waals surface area contributed by atoms with Crippen molar-refractivity contribution in [2.75, 3.05) is 20.8 Å². The number of rotatable bonds is 11. The van der Waals surface area contributed by atoms with Gasteiger partial charge in [0.25, 0.3) is 0 Å². The number of hydrogen-bond donors (Lipinski definition) is 3. The number of carboxylic acid groups (broad SMARTS) is 1. The molecule has 0 saturated carbocycles. The minimum absolute atomic E-state index is 0.0123. The number of ether oxygens (including phenoxy) is 1. The van der Waals surface area contributed by atoms with E-state index in [9.17, 15) is 19.8 Å². The van der Waals surface area contributed by atoms with Gasteiger partial charge in [-0.3, -0.25) is 4.79 Å². The summed E-state index contributed by atoms with van der Waals surface area (Å²) in [5, 5.41) is 26.6. The molecule has 40 heavy (non-hydrogen) atoms. The number of aliphatic hydroxyl groups is 2. The first-order chi connectivity index (χ1) is 19.1. The Kier molecular flexibility index (Phi) is 17.6. The predicted octanol–water partition coefficient (Wildman–Crippen LogP) is 5.53. The van der Waals surface area contributed by atoms with Crippen molar-refractivity contribution < 1.29 is 29.6 Å². The average Bonchev–Trinajstić information content (AvgIpc) is 3.18. The first kappa shape index (κ1) is 36.9. The molecule has 2 aliphatic rings. The third kappa shape index (κ3) is 9.52. The van der Waals surface area contributed by atoms with Crippen LogP contribution >= 0.6 is 0 Å². The van der Waals surface area contributed by atoms with E-state index < -0.39 is 18.0 Å². The van der Waals surface area contributed by atoms with E-state index in [1.165, 1.54) is 23.3 Å². The van der Waals surface area contributed by atoms with Crippen LogP contribution in [0.5, 0.6) is 5.75 Å². The van der Waals surface area contributed by atoms with Gasteiger partial charge in [-0.2, -0.15) is 0 Å². The second kappa shape index (κ2) is 19.1. The lowest BCUT2D eigenvalue weighted by Gasteiger charge is -2.46. The van der Waals surface area contributed by atoms with Crippen LogP contribution < -0.4 is 4.74 Å². The number of aliphatic hydroxyl groups excluding tert-OH is 2. The topological polar surface area (TPSA) is 111 Å². The SMILES string of the molecule is C=CN(C)/C=C/C.CC.CCCCCc1ccc(OCC2=C(C(=O)O)N3C(=O)C(C(C)O)C3C2C)c(C)c1.CO. The van der Waals surface area contributed by atoms with E-state index in [0.717, 1.165) is 31.3 Å². The van der Waals surface area contributed by atoms with Crippen LogP contribution in [0.15, 0.2) is 54.5 Å². The summed E-state index contributed by atoms with van der Waals surface area (Å²) in [5.41, 5.74) is 2.91. The van der Waals surface area contributed by atoms with E-state index in [1.54, 1.807) is 13.1 Å². The zero-order valence-corrected chi connectivity index (χ0v) is 26.0. The van der Waals surface area contributed by atoms with Gasteiger partial charge in [0.05, 0.1) is 18.1 Å². The van der Waals surface area contributed by atoms with Crippen LogP contribution in [0.1, 0.15) is 71.9 Å². The molecule has 1 aromatic rings. The third-order valence-corrected chi connectivity index (χ3v) is 6.88. The Labute approximate surface area is 241 Å². The van der Waals surface area contributed by atoms with Crippen molar-refractivity contribution in [3.63, 3.8) is 0 Å². The van der Waals surface area contributed by atoms with Gasteiger partial charge in [-0.25, -0.2) is 4.79 Å². The van der Waals surface area contributed by atoms with E-state index in [1.807, 2.05) is 64.9 Å². The molecule has 2 heterocycles. The Balaban J connectivity index is 0.00000119. The molecule has 3 N–H and O–H groups in total. The number of carbonyl (C=O) groups excluding carboxylic acids is 1. The molecule has 2 aliphatic heterocycles. The van der Waals surface area contributed by atoms with Gasteiger partial charge in [0.2, 0.25) is 5.91 Å². The Morgan fingerprint density at radius 1 is 1.25 bits per heavy atom. The summed E-state index contributed by atoms with van der Waals surface area (Å²) >= 11 is 0. The highest BCUT2D eigenvalue weighted by molar-refractivity contribution is 6.00. The van der Waals surface area contributed by atoms with Gasteiger partial charge in [0, 0.05) is 25.6 Å². The average molecular weight is 561 g/mol. The molecule has 0 aromatic heterocycles. The summed E-state index contributed by atoms with van der Waals surface area (Å²) in [6.07, 6.45) is 9.46. The van der Waals surface area contributed by atoms with Gasteiger partial charge in [0.15, 0.2) is 0 Å². The van der Waals surface area contributed by atoms with Crippen molar-refractivity contribution in [2.24, 2.45) is 11.8 Å². The number of nitrogens with zero attached hydrogens (tertiary/aromatic N) is 2. The summed E-state index contributed by atoms with van der Waals surface area (Å²) in [6, 6.07) is 5.81. The van der Waals surface area contributed by atoms with Gasteiger partial charge in [-0.05, 0) is 63.2 Å². The fourth-order valence-electron chi connectivity index (χ4n) is 4.89. The van der Waals surface area contributed by atoms with E-state index in [-0.39, 0.29) is 30.2 Å². The van der Waals surface area contributed by atoms with E-state index in [0.29, 0.717) is 5.57 Å². The second-order valence-electron chi connectivity index (χ2n) is 9.61. The Hall–Kier alpha value is -3.10. The van der Waals surface area contributed by atoms with Crippen molar-refractivity contribution in [1.82, 2.24) is 9.80 Å². The highest BCUT2D eigenvalue weighted by atomic mass is 16.5. The van der Waals surface area contributed by atoms with Gasteiger partial charge in [-0.1, -0.05) is 65.3 Å². The number of benzene rings is 1. The molecule has 4 unspecified atom stereocenters. The summed E-state index contributed by atoms with van der Waals surface area (Å²) in [7, 11) is 2.94. The number of aryl methyl sites for hydroxylation is 2. The summed E-state index contributed by atoms with van der Waals surface area (Å²) in [5.74, 6) is -1.45. The number of carbonyl (C=O) groups is 2. The number of allylic oxidation sites excluding steroid dienone is 1. The van der Waals surface area contributed by atoms with E-state index in [2.05, 4.69) is 25.6 Å². The van der Waals surface area contributed by atoms with Crippen molar-refractivity contribution in [2.45, 2.75) is 86.3 Å². The monoisotopic (exact) mass is 560 g/mol.